The summed E-state index contributed by atoms with van der Waals surface area (Å²) >= 11 is 0. The zero-order valence-electron chi connectivity index (χ0n) is 17.2. The van der Waals surface area contributed by atoms with Crippen molar-refractivity contribution < 1.29 is 23.7 Å². The van der Waals surface area contributed by atoms with Crippen molar-refractivity contribution >= 4 is 5.91 Å². The summed E-state index contributed by atoms with van der Waals surface area (Å²) in [5.41, 5.74) is 0.580. The minimum atomic E-state index is -0.00511. The Morgan fingerprint density at radius 1 is 0.828 bits per heavy atom. The Kier molecular flexibility index (Phi) is 7.19. The second-order valence-corrected chi connectivity index (χ2v) is 6.76. The molecule has 0 bridgehead atoms. The van der Waals surface area contributed by atoms with E-state index in [2.05, 4.69) is 4.90 Å². The van der Waals surface area contributed by atoms with Crippen molar-refractivity contribution in [3.63, 3.8) is 0 Å². The van der Waals surface area contributed by atoms with Crippen molar-refractivity contribution in [2.75, 3.05) is 60.7 Å². The Labute approximate surface area is 171 Å². The number of methoxy groups -OCH3 is 3. The molecule has 1 aliphatic heterocycles. The fraction of sp³-hybridized carbons (Fsp3) is 0.409. The SMILES string of the molecule is COc1cccc(OCCN2CCN(C(=O)c3cc(OC)cc(OC)c3)CC2)c1. The highest BCUT2D eigenvalue weighted by Gasteiger charge is 2.23. The highest BCUT2D eigenvalue weighted by atomic mass is 16.5. The molecular formula is C22H28N2O5. The van der Waals surface area contributed by atoms with Crippen molar-refractivity contribution in [3.05, 3.63) is 48.0 Å². The van der Waals surface area contributed by atoms with E-state index in [1.165, 1.54) is 0 Å². The molecule has 1 aliphatic rings. The van der Waals surface area contributed by atoms with Gasteiger partial charge < -0.3 is 23.8 Å². The molecule has 2 aromatic rings. The molecule has 0 aliphatic carbocycles. The summed E-state index contributed by atoms with van der Waals surface area (Å²) in [5, 5.41) is 0. The van der Waals surface area contributed by atoms with Crippen molar-refractivity contribution in [3.8, 4) is 23.0 Å². The molecule has 29 heavy (non-hydrogen) atoms. The van der Waals surface area contributed by atoms with Gasteiger partial charge in [-0.25, -0.2) is 0 Å². The lowest BCUT2D eigenvalue weighted by molar-refractivity contribution is 0.0619. The van der Waals surface area contributed by atoms with Crippen LogP contribution < -0.4 is 18.9 Å². The third-order valence-corrected chi connectivity index (χ3v) is 4.98. The van der Waals surface area contributed by atoms with Crippen LogP contribution in [-0.2, 0) is 0 Å². The minimum Gasteiger partial charge on any atom is -0.497 e. The fourth-order valence-electron chi connectivity index (χ4n) is 3.27. The molecule has 2 aromatic carbocycles. The van der Waals surface area contributed by atoms with E-state index in [0.717, 1.165) is 31.1 Å². The van der Waals surface area contributed by atoms with Gasteiger partial charge in [0.25, 0.3) is 5.91 Å². The largest absolute Gasteiger partial charge is 0.497 e. The van der Waals surface area contributed by atoms with Gasteiger partial charge in [0, 0.05) is 50.4 Å². The highest BCUT2D eigenvalue weighted by molar-refractivity contribution is 5.95. The van der Waals surface area contributed by atoms with Gasteiger partial charge in [0.15, 0.2) is 0 Å². The van der Waals surface area contributed by atoms with Gasteiger partial charge in [-0.15, -0.1) is 0 Å². The quantitative estimate of drug-likeness (QED) is 0.679. The number of nitrogens with zero attached hydrogens (tertiary/aromatic N) is 2. The molecule has 7 heteroatoms. The second kappa shape index (κ2) is 10.0. The van der Waals surface area contributed by atoms with Gasteiger partial charge >= 0.3 is 0 Å². The van der Waals surface area contributed by atoms with Crippen LogP contribution in [0.5, 0.6) is 23.0 Å². The van der Waals surface area contributed by atoms with E-state index in [4.69, 9.17) is 18.9 Å². The molecule has 0 saturated carbocycles. The zero-order chi connectivity index (χ0) is 20.6. The molecule has 1 saturated heterocycles. The Hall–Kier alpha value is -2.93. The Balaban J connectivity index is 1.48. The number of amides is 1. The van der Waals surface area contributed by atoms with Crippen molar-refractivity contribution in [2.45, 2.75) is 0 Å². The third-order valence-electron chi connectivity index (χ3n) is 4.98. The molecule has 1 amide bonds. The van der Waals surface area contributed by atoms with Crippen molar-refractivity contribution in [1.29, 1.82) is 0 Å². The normalized spacial score (nSPS) is 14.4. The molecule has 7 nitrogen and oxygen atoms in total. The summed E-state index contributed by atoms with van der Waals surface area (Å²) in [6.07, 6.45) is 0. The van der Waals surface area contributed by atoms with E-state index in [9.17, 15) is 4.79 Å². The number of ether oxygens (including phenoxy) is 4. The molecule has 0 unspecified atom stereocenters. The minimum absolute atomic E-state index is 0.00511. The average molecular weight is 400 g/mol. The van der Waals surface area contributed by atoms with Gasteiger partial charge in [-0.3, -0.25) is 9.69 Å². The van der Waals surface area contributed by atoms with E-state index < -0.39 is 0 Å². The first-order valence-corrected chi connectivity index (χ1v) is 9.64. The van der Waals surface area contributed by atoms with Gasteiger partial charge in [0.05, 0.1) is 21.3 Å². The molecule has 0 spiro atoms. The predicted molar refractivity (Wildman–Crippen MR) is 110 cm³/mol. The summed E-state index contributed by atoms with van der Waals surface area (Å²) in [4.78, 5) is 17.0. The first kappa shape index (κ1) is 20.8. The van der Waals surface area contributed by atoms with Gasteiger partial charge in [0.1, 0.15) is 29.6 Å². The van der Waals surface area contributed by atoms with Crippen LogP contribution in [0.4, 0.5) is 0 Å². The summed E-state index contributed by atoms with van der Waals surface area (Å²) in [5.74, 6) is 2.80. The summed E-state index contributed by atoms with van der Waals surface area (Å²) in [7, 11) is 4.80. The Morgan fingerprint density at radius 2 is 1.41 bits per heavy atom. The van der Waals surface area contributed by atoms with Crippen molar-refractivity contribution in [1.82, 2.24) is 9.80 Å². The number of hydrogen-bond acceptors (Lipinski definition) is 6. The monoisotopic (exact) mass is 400 g/mol. The smallest absolute Gasteiger partial charge is 0.254 e. The molecule has 1 heterocycles. The molecule has 1 fully saturated rings. The van der Waals surface area contributed by atoms with Crippen LogP contribution in [-0.4, -0.2) is 76.4 Å². The van der Waals surface area contributed by atoms with Crippen molar-refractivity contribution in [2.24, 2.45) is 0 Å². The predicted octanol–water partition coefficient (Wildman–Crippen LogP) is 2.55. The van der Waals surface area contributed by atoms with Gasteiger partial charge in [-0.2, -0.15) is 0 Å². The molecule has 0 atom stereocenters. The zero-order valence-corrected chi connectivity index (χ0v) is 17.2. The van der Waals surface area contributed by atoms with Crippen LogP contribution in [0.1, 0.15) is 10.4 Å². The van der Waals surface area contributed by atoms with Crippen LogP contribution in [0.15, 0.2) is 42.5 Å². The maximum atomic E-state index is 12.9. The lowest BCUT2D eigenvalue weighted by atomic mass is 10.1. The Bertz CT molecular complexity index is 796. The number of benzene rings is 2. The Morgan fingerprint density at radius 3 is 2.03 bits per heavy atom. The topological polar surface area (TPSA) is 60.5 Å². The molecule has 0 N–H and O–H groups in total. The lowest BCUT2D eigenvalue weighted by Crippen LogP contribution is -2.49. The summed E-state index contributed by atoms with van der Waals surface area (Å²) < 4.78 is 21.6. The maximum Gasteiger partial charge on any atom is 0.254 e. The van der Waals surface area contributed by atoms with Gasteiger partial charge in [-0.05, 0) is 24.3 Å². The standard InChI is InChI=1S/C22H28N2O5/c1-26-18-5-4-6-19(15-18)29-12-11-23-7-9-24(10-8-23)22(25)17-13-20(27-2)16-21(14-17)28-3/h4-6,13-16H,7-12H2,1-3H3. The molecule has 0 radical (unpaired) electrons. The third kappa shape index (κ3) is 5.54. The van der Waals surface area contributed by atoms with Crippen LogP contribution >= 0.6 is 0 Å². The molecule has 156 valence electrons. The number of carbonyl (C=O) groups is 1. The van der Waals surface area contributed by atoms with Crippen LogP contribution in [0.2, 0.25) is 0 Å². The first-order chi connectivity index (χ1) is 14.1. The van der Waals surface area contributed by atoms with Crippen LogP contribution in [0.3, 0.4) is 0 Å². The first-order valence-electron chi connectivity index (χ1n) is 9.64. The van der Waals surface area contributed by atoms with E-state index in [1.807, 2.05) is 29.2 Å². The average Bonchev–Trinajstić information content (AvgIpc) is 2.78. The number of piperazine rings is 1. The van der Waals surface area contributed by atoms with E-state index >= 15 is 0 Å². The second-order valence-electron chi connectivity index (χ2n) is 6.76. The number of hydrogen-bond donors (Lipinski definition) is 0. The van der Waals surface area contributed by atoms with Crippen LogP contribution in [0, 0.1) is 0 Å². The van der Waals surface area contributed by atoms with Gasteiger partial charge in [-0.1, -0.05) is 6.07 Å². The summed E-state index contributed by atoms with van der Waals surface area (Å²) in [6.45, 7) is 4.39. The lowest BCUT2D eigenvalue weighted by Gasteiger charge is -2.34. The number of carbonyl (C=O) groups excluding carboxylic acids is 1. The molecule has 3 rings (SSSR count). The van der Waals surface area contributed by atoms with E-state index in [1.54, 1.807) is 39.5 Å². The summed E-state index contributed by atoms with van der Waals surface area (Å²) in [6, 6.07) is 12.9. The van der Waals surface area contributed by atoms with Gasteiger partial charge in [0.2, 0.25) is 0 Å². The van der Waals surface area contributed by atoms with E-state index in [0.29, 0.717) is 36.8 Å². The fourth-order valence-corrected chi connectivity index (χ4v) is 3.27. The maximum absolute atomic E-state index is 12.9. The number of rotatable bonds is 8. The van der Waals surface area contributed by atoms with Crippen LogP contribution in [0.25, 0.3) is 0 Å². The molecule has 0 aromatic heterocycles. The highest BCUT2D eigenvalue weighted by Crippen LogP contribution is 2.24. The van der Waals surface area contributed by atoms with E-state index in [-0.39, 0.29) is 5.91 Å². The molecular weight excluding hydrogens is 372 g/mol.